The van der Waals surface area contributed by atoms with Crippen LogP contribution in [0.15, 0.2) is 73.1 Å². The van der Waals surface area contributed by atoms with E-state index in [9.17, 15) is 9.90 Å². The van der Waals surface area contributed by atoms with Crippen molar-refractivity contribution >= 4 is 17.5 Å². The second kappa shape index (κ2) is 8.69. The van der Waals surface area contributed by atoms with Crippen LogP contribution in [-0.2, 0) is 6.54 Å². The topological polar surface area (TPSA) is 104 Å². The van der Waals surface area contributed by atoms with E-state index in [1.165, 1.54) is 23.1 Å². The Labute approximate surface area is 183 Å². The lowest BCUT2D eigenvalue weighted by Gasteiger charge is -2.07. The lowest BCUT2D eigenvalue weighted by atomic mass is 10.1. The van der Waals surface area contributed by atoms with E-state index in [2.05, 4.69) is 15.4 Å². The Hall–Kier alpha value is -4.15. The Morgan fingerprint density at radius 3 is 2.58 bits per heavy atom. The summed E-state index contributed by atoms with van der Waals surface area (Å²) >= 11 is 6.24. The highest BCUT2D eigenvalue weighted by Crippen LogP contribution is 2.35. The predicted octanol–water partition coefficient (Wildman–Crippen LogP) is 4.09. The number of nitrogens with zero attached hydrogens (tertiary/aromatic N) is 4. The molecule has 0 aliphatic heterocycles. The fourth-order valence-electron chi connectivity index (χ4n) is 3.03. The lowest BCUT2D eigenvalue weighted by molar-refractivity contribution is 0.0950. The minimum absolute atomic E-state index is 0.152. The number of nitrogens with one attached hydrogen (secondary N) is 1. The molecule has 2 aromatic heterocycles. The van der Waals surface area contributed by atoms with E-state index in [-0.39, 0.29) is 11.8 Å². The number of benzene rings is 2. The molecule has 0 atom stereocenters. The Kier molecular flexibility index (Phi) is 5.65. The highest BCUT2D eigenvalue weighted by molar-refractivity contribution is 6.33. The molecule has 0 aliphatic rings. The van der Waals surface area contributed by atoms with Crippen molar-refractivity contribution in [3.05, 3.63) is 94.8 Å². The number of aromatic nitrogens is 3. The van der Waals surface area contributed by atoms with Gasteiger partial charge in [-0.05, 0) is 29.8 Å². The Bertz CT molecular complexity index is 1280. The molecule has 0 bridgehead atoms. The van der Waals surface area contributed by atoms with E-state index in [0.29, 0.717) is 39.6 Å². The number of aromatic hydroxyl groups is 1. The van der Waals surface area contributed by atoms with Crippen molar-refractivity contribution in [1.82, 2.24) is 20.1 Å². The molecule has 152 valence electrons. The van der Waals surface area contributed by atoms with Crippen LogP contribution in [0.5, 0.6) is 5.88 Å². The molecule has 0 radical (unpaired) electrons. The van der Waals surface area contributed by atoms with Crippen molar-refractivity contribution < 1.29 is 9.90 Å². The Balaban J connectivity index is 1.52. The summed E-state index contributed by atoms with van der Waals surface area (Å²) in [5, 5.41) is 26.9. The maximum absolute atomic E-state index is 12.4. The first-order chi connectivity index (χ1) is 15.1. The standard InChI is InChI=1S/C23H16ClN5O2/c24-20-10-16(11-25)6-8-18(20)19-14-28-29(23(19)31)21-9-7-17(13-26-21)22(30)27-12-15-4-2-1-3-5-15/h1-10,13-14,31H,12H2,(H,27,30). The Morgan fingerprint density at radius 1 is 1.10 bits per heavy atom. The van der Waals surface area contributed by atoms with Crippen LogP contribution in [0, 0.1) is 11.3 Å². The van der Waals surface area contributed by atoms with Gasteiger partial charge in [0, 0.05) is 23.3 Å². The minimum Gasteiger partial charge on any atom is -0.493 e. The summed E-state index contributed by atoms with van der Waals surface area (Å²) in [7, 11) is 0. The third kappa shape index (κ3) is 4.25. The summed E-state index contributed by atoms with van der Waals surface area (Å²) in [6.45, 7) is 0.413. The summed E-state index contributed by atoms with van der Waals surface area (Å²) in [4.78, 5) is 16.6. The monoisotopic (exact) mass is 429 g/mol. The number of hydrogen-bond acceptors (Lipinski definition) is 5. The third-order valence-corrected chi connectivity index (χ3v) is 4.97. The molecular weight excluding hydrogens is 414 g/mol. The molecule has 2 aromatic carbocycles. The van der Waals surface area contributed by atoms with Gasteiger partial charge in [-0.2, -0.15) is 15.0 Å². The second-order valence-electron chi connectivity index (χ2n) is 6.67. The van der Waals surface area contributed by atoms with E-state index in [1.807, 2.05) is 36.4 Å². The van der Waals surface area contributed by atoms with Crippen molar-refractivity contribution in [2.45, 2.75) is 6.54 Å². The molecule has 8 heteroatoms. The largest absolute Gasteiger partial charge is 0.493 e. The molecule has 4 rings (SSSR count). The van der Waals surface area contributed by atoms with Crippen molar-refractivity contribution in [3.63, 3.8) is 0 Å². The molecular formula is C23H16ClN5O2. The van der Waals surface area contributed by atoms with E-state index >= 15 is 0 Å². The highest BCUT2D eigenvalue weighted by atomic mass is 35.5. The molecule has 0 saturated heterocycles. The van der Waals surface area contributed by atoms with Crippen LogP contribution in [0.2, 0.25) is 5.02 Å². The van der Waals surface area contributed by atoms with E-state index < -0.39 is 0 Å². The van der Waals surface area contributed by atoms with Gasteiger partial charge >= 0.3 is 0 Å². The van der Waals surface area contributed by atoms with Crippen molar-refractivity contribution in [2.75, 3.05) is 0 Å². The molecule has 0 fully saturated rings. The van der Waals surface area contributed by atoms with Crippen LogP contribution in [0.3, 0.4) is 0 Å². The first kappa shape index (κ1) is 20.1. The van der Waals surface area contributed by atoms with Gasteiger partial charge in [0.2, 0.25) is 5.88 Å². The van der Waals surface area contributed by atoms with Gasteiger partial charge < -0.3 is 10.4 Å². The molecule has 0 spiro atoms. The molecule has 7 nitrogen and oxygen atoms in total. The van der Waals surface area contributed by atoms with Gasteiger partial charge in [-0.15, -0.1) is 0 Å². The summed E-state index contributed by atoms with van der Waals surface area (Å²) in [5.74, 6) is -0.0637. The number of pyridine rings is 1. The molecule has 2 heterocycles. The van der Waals surface area contributed by atoms with Gasteiger partial charge in [0.05, 0.1) is 29.0 Å². The van der Waals surface area contributed by atoms with Crippen LogP contribution in [-0.4, -0.2) is 25.8 Å². The normalized spacial score (nSPS) is 10.5. The van der Waals surface area contributed by atoms with Gasteiger partial charge in [-0.1, -0.05) is 48.0 Å². The van der Waals surface area contributed by atoms with Crippen LogP contribution in [0.1, 0.15) is 21.5 Å². The van der Waals surface area contributed by atoms with Crippen LogP contribution in [0.25, 0.3) is 16.9 Å². The first-order valence-electron chi connectivity index (χ1n) is 9.32. The zero-order chi connectivity index (χ0) is 21.8. The van der Waals surface area contributed by atoms with Crippen molar-refractivity contribution in [2.24, 2.45) is 0 Å². The second-order valence-corrected chi connectivity index (χ2v) is 7.08. The highest BCUT2D eigenvalue weighted by Gasteiger charge is 2.17. The number of carbonyl (C=O) groups excluding carboxylic acids is 1. The SMILES string of the molecule is N#Cc1ccc(-c2cnn(-c3ccc(C(=O)NCc4ccccc4)cn3)c2O)c(Cl)c1. The summed E-state index contributed by atoms with van der Waals surface area (Å²) in [6.07, 6.45) is 2.88. The van der Waals surface area contributed by atoms with Crippen molar-refractivity contribution in [3.8, 4) is 28.9 Å². The summed E-state index contributed by atoms with van der Waals surface area (Å²) < 4.78 is 1.25. The van der Waals surface area contributed by atoms with Gasteiger partial charge in [-0.3, -0.25) is 4.79 Å². The molecule has 31 heavy (non-hydrogen) atoms. The van der Waals surface area contributed by atoms with E-state index in [4.69, 9.17) is 16.9 Å². The maximum Gasteiger partial charge on any atom is 0.253 e. The number of rotatable bonds is 5. The maximum atomic E-state index is 12.4. The molecule has 0 unspecified atom stereocenters. The zero-order valence-electron chi connectivity index (χ0n) is 16.2. The van der Waals surface area contributed by atoms with Gasteiger partial charge in [0.25, 0.3) is 5.91 Å². The zero-order valence-corrected chi connectivity index (χ0v) is 16.9. The predicted molar refractivity (Wildman–Crippen MR) is 116 cm³/mol. The van der Waals surface area contributed by atoms with Crippen LogP contribution in [0.4, 0.5) is 0 Å². The lowest BCUT2D eigenvalue weighted by Crippen LogP contribution is -2.23. The van der Waals surface area contributed by atoms with E-state index in [1.54, 1.807) is 24.3 Å². The summed E-state index contributed by atoms with van der Waals surface area (Å²) in [6, 6.07) is 19.6. The average molecular weight is 430 g/mol. The number of amides is 1. The molecule has 1 amide bonds. The van der Waals surface area contributed by atoms with E-state index in [0.717, 1.165) is 5.56 Å². The molecule has 2 N–H and O–H groups in total. The molecule has 4 aromatic rings. The minimum atomic E-state index is -0.252. The van der Waals surface area contributed by atoms with Gasteiger partial charge in [0.1, 0.15) is 0 Å². The number of nitriles is 1. The molecule has 0 aliphatic carbocycles. The quantitative estimate of drug-likeness (QED) is 0.497. The van der Waals surface area contributed by atoms with Gasteiger partial charge in [0.15, 0.2) is 5.82 Å². The van der Waals surface area contributed by atoms with Crippen LogP contribution < -0.4 is 5.32 Å². The summed E-state index contributed by atoms with van der Waals surface area (Å²) in [5.41, 5.74) is 2.75. The smallest absolute Gasteiger partial charge is 0.253 e. The molecule has 0 saturated carbocycles. The average Bonchev–Trinajstić information content (AvgIpc) is 3.19. The van der Waals surface area contributed by atoms with Crippen LogP contribution >= 0.6 is 11.6 Å². The van der Waals surface area contributed by atoms with Crippen molar-refractivity contribution in [1.29, 1.82) is 5.26 Å². The third-order valence-electron chi connectivity index (χ3n) is 4.66. The Morgan fingerprint density at radius 2 is 1.90 bits per heavy atom. The fourth-order valence-corrected chi connectivity index (χ4v) is 3.31. The number of hydrogen-bond donors (Lipinski definition) is 2. The first-order valence-corrected chi connectivity index (χ1v) is 9.70. The fraction of sp³-hybridized carbons (Fsp3) is 0.0435. The number of halogens is 1. The van der Waals surface area contributed by atoms with Gasteiger partial charge in [-0.25, -0.2) is 4.98 Å². The number of carbonyl (C=O) groups is 1.